The molecule has 2 N–H and O–H groups in total. The van der Waals surface area contributed by atoms with E-state index in [4.69, 9.17) is 11.6 Å². The topological polar surface area (TPSA) is 57.8 Å². The van der Waals surface area contributed by atoms with Crippen LogP contribution in [0.3, 0.4) is 0 Å². The number of aromatic nitrogens is 2. The van der Waals surface area contributed by atoms with Crippen LogP contribution in [0.5, 0.6) is 0 Å². The number of amides is 1. The summed E-state index contributed by atoms with van der Waals surface area (Å²) >= 11 is 7.08. The van der Waals surface area contributed by atoms with Gasteiger partial charge in [-0.3, -0.25) is 4.79 Å². The number of H-pyrrole nitrogens is 1. The molecule has 118 valence electrons. The van der Waals surface area contributed by atoms with Gasteiger partial charge in [-0.05, 0) is 12.1 Å². The van der Waals surface area contributed by atoms with E-state index in [9.17, 15) is 13.6 Å². The molecule has 23 heavy (non-hydrogen) atoms. The highest BCUT2D eigenvalue weighted by Crippen LogP contribution is 2.23. The average molecular weight is 354 g/mol. The van der Waals surface area contributed by atoms with Gasteiger partial charge in [0.25, 0.3) is 0 Å². The van der Waals surface area contributed by atoms with E-state index < -0.39 is 11.6 Å². The fraction of sp³-hybridized carbons (Fsp3) is 0.0667. The van der Waals surface area contributed by atoms with Crippen LogP contribution in [0, 0.1) is 11.6 Å². The standard InChI is InChI=1S/C15H10ClF2N3OS/c16-8-3-1-2-4-11(8)19-14(22)7-23-15-20-12-5-9(17)10(18)6-13(12)21-15/h1-6H,7H2,(H,19,22)(H,20,21). The summed E-state index contributed by atoms with van der Waals surface area (Å²) < 4.78 is 26.3. The van der Waals surface area contributed by atoms with Gasteiger partial charge in [-0.25, -0.2) is 13.8 Å². The van der Waals surface area contributed by atoms with Crippen molar-refractivity contribution >= 4 is 46.0 Å². The Morgan fingerprint density at radius 3 is 2.78 bits per heavy atom. The third kappa shape index (κ3) is 3.62. The first kappa shape index (κ1) is 15.8. The Hall–Kier alpha value is -2.12. The number of hydrogen-bond acceptors (Lipinski definition) is 3. The summed E-state index contributed by atoms with van der Waals surface area (Å²) in [5.41, 5.74) is 1.20. The van der Waals surface area contributed by atoms with E-state index in [2.05, 4.69) is 15.3 Å². The summed E-state index contributed by atoms with van der Waals surface area (Å²) in [6.45, 7) is 0. The van der Waals surface area contributed by atoms with Crippen molar-refractivity contribution in [1.29, 1.82) is 0 Å². The Kier molecular flexibility index (Phi) is 4.49. The lowest BCUT2D eigenvalue weighted by Crippen LogP contribution is -2.14. The van der Waals surface area contributed by atoms with Crippen LogP contribution in [0.2, 0.25) is 5.02 Å². The second-order valence-electron chi connectivity index (χ2n) is 4.64. The number of benzene rings is 2. The van der Waals surface area contributed by atoms with Gasteiger partial charge >= 0.3 is 0 Å². The number of fused-ring (bicyclic) bond motifs is 1. The van der Waals surface area contributed by atoms with Gasteiger partial charge in [-0.1, -0.05) is 35.5 Å². The molecule has 3 aromatic rings. The van der Waals surface area contributed by atoms with Crippen LogP contribution in [0.25, 0.3) is 11.0 Å². The van der Waals surface area contributed by atoms with Gasteiger partial charge < -0.3 is 10.3 Å². The van der Waals surface area contributed by atoms with Gasteiger partial charge in [0.2, 0.25) is 5.91 Å². The van der Waals surface area contributed by atoms with Crippen molar-refractivity contribution in [2.24, 2.45) is 0 Å². The van der Waals surface area contributed by atoms with Crippen molar-refractivity contribution in [3.63, 3.8) is 0 Å². The van der Waals surface area contributed by atoms with Crippen LogP contribution >= 0.6 is 23.4 Å². The Labute approximate surface area is 139 Å². The SMILES string of the molecule is O=C(CSc1nc2cc(F)c(F)cc2[nH]1)Nc1ccccc1Cl. The Morgan fingerprint density at radius 1 is 1.26 bits per heavy atom. The van der Waals surface area contributed by atoms with Crippen molar-refractivity contribution in [2.75, 3.05) is 11.1 Å². The quantitative estimate of drug-likeness (QED) is 0.690. The lowest BCUT2D eigenvalue weighted by Gasteiger charge is -2.05. The lowest BCUT2D eigenvalue weighted by atomic mass is 10.3. The highest BCUT2D eigenvalue weighted by atomic mass is 35.5. The number of nitrogens with zero attached hydrogens (tertiary/aromatic N) is 1. The predicted molar refractivity (Wildman–Crippen MR) is 86.8 cm³/mol. The summed E-state index contributed by atoms with van der Waals surface area (Å²) in [7, 11) is 0. The number of para-hydroxylation sites is 1. The first-order chi connectivity index (χ1) is 11.0. The number of nitrogens with one attached hydrogen (secondary N) is 2. The van der Waals surface area contributed by atoms with E-state index in [1.807, 2.05) is 0 Å². The van der Waals surface area contributed by atoms with Crippen LogP contribution in [-0.2, 0) is 4.79 Å². The van der Waals surface area contributed by atoms with E-state index >= 15 is 0 Å². The molecule has 3 rings (SSSR count). The minimum absolute atomic E-state index is 0.0794. The van der Waals surface area contributed by atoms with Crippen LogP contribution in [0.15, 0.2) is 41.6 Å². The first-order valence-corrected chi connectivity index (χ1v) is 7.91. The van der Waals surface area contributed by atoms with E-state index in [1.165, 1.54) is 0 Å². The Balaban J connectivity index is 1.66. The molecule has 0 aliphatic rings. The van der Waals surface area contributed by atoms with Crippen molar-refractivity contribution in [2.45, 2.75) is 5.16 Å². The summed E-state index contributed by atoms with van der Waals surface area (Å²) in [4.78, 5) is 18.8. The minimum atomic E-state index is -0.961. The van der Waals surface area contributed by atoms with Crippen LogP contribution in [-0.4, -0.2) is 21.6 Å². The van der Waals surface area contributed by atoms with Crippen molar-refractivity contribution < 1.29 is 13.6 Å². The Bertz CT molecular complexity index is 845. The number of halogens is 3. The number of thioether (sulfide) groups is 1. The second kappa shape index (κ2) is 6.55. The summed E-state index contributed by atoms with van der Waals surface area (Å²) in [5, 5.41) is 3.53. The fourth-order valence-corrected chi connectivity index (χ4v) is 2.80. The van der Waals surface area contributed by atoms with Gasteiger partial charge in [-0.2, -0.15) is 0 Å². The maximum Gasteiger partial charge on any atom is 0.234 e. The van der Waals surface area contributed by atoms with Crippen LogP contribution < -0.4 is 5.32 Å². The number of hydrogen-bond donors (Lipinski definition) is 2. The molecule has 0 radical (unpaired) electrons. The minimum Gasteiger partial charge on any atom is -0.333 e. The third-order valence-corrected chi connectivity index (χ3v) is 4.19. The van der Waals surface area contributed by atoms with Gasteiger partial charge in [0.15, 0.2) is 16.8 Å². The number of rotatable bonds is 4. The molecule has 0 aliphatic carbocycles. The zero-order chi connectivity index (χ0) is 16.4. The van der Waals surface area contributed by atoms with Crippen molar-refractivity contribution in [3.8, 4) is 0 Å². The highest BCUT2D eigenvalue weighted by molar-refractivity contribution is 7.99. The molecule has 2 aromatic carbocycles. The predicted octanol–water partition coefficient (Wildman–Crippen LogP) is 4.23. The van der Waals surface area contributed by atoms with Gasteiger partial charge in [0.05, 0.1) is 27.5 Å². The van der Waals surface area contributed by atoms with E-state index in [0.29, 0.717) is 26.9 Å². The summed E-state index contributed by atoms with van der Waals surface area (Å²) in [6, 6.07) is 8.93. The lowest BCUT2D eigenvalue weighted by molar-refractivity contribution is -0.113. The smallest absolute Gasteiger partial charge is 0.234 e. The maximum absolute atomic E-state index is 13.1. The molecule has 0 fully saturated rings. The third-order valence-electron chi connectivity index (χ3n) is 2.99. The molecule has 8 heteroatoms. The number of anilines is 1. The molecule has 1 amide bonds. The average Bonchev–Trinajstić information content (AvgIpc) is 2.90. The second-order valence-corrected chi connectivity index (χ2v) is 6.01. The molecule has 0 spiro atoms. The molecule has 1 aromatic heterocycles. The zero-order valence-corrected chi connectivity index (χ0v) is 13.1. The fourth-order valence-electron chi connectivity index (χ4n) is 1.93. The summed E-state index contributed by atoms with van der Waals surface area (Å²) in [6.07, 6.45) is 0. The molecular weight excluding hydrogens is 344 g/mol. The van der Waals surface area contributed by atoms with Gasteiger partial charge in [-0.15, -0.1) is 0 Å². The largest absolute Gasteiger partial charge is 0.333 e. The molecule has 1 heterocycles. The molecule has 0 bridgehead atoms. The normalized spacial score (nSPS) is 10.9. The number of aromatic amines is 1. The molecule has 0 unspecified atom stereocenters. The molecular formula is C15H10ClF2N3OS. The molecule has 0 atom stereocenters. The van der Waals surface area contributed by atoms with E-state index in [0.717, 1.165) is 23.9 Å². The highest BCUT2D eigenvalue weighted by Gasteiger charge is 2.11. The molecule has 0 saturated carbocycles. The van der Waals surface area contributed by atoms with Crippen molar-refractivity contribution in [1.82, 2.24) is 9.97 Å². The maximum atomic E-state index is 13.1. The molecule has 4 nitrogen and oxygen atoms in total. The van der Waals surface area contributed by atoms with Gasteiger partial charge in [0, 0.05) is 12.1 Å². The van der Waals surface area contributed by atoms with E-state index in [1.54, 1.807) is 24.3 Å². The number of carbonyl (C=O) groups is 1. The summed E-state index contributed by atoms with van der Waals surface area (Å²) in [5.74, 6) is -2.09. The Morgan fingerprint density at radius 2 is 2.00 bits per heavy atom. The monoisotopic (exact) mass is 353 g/mol. The van der Waals surface area contributed by atoms with Crippen molar-refractivity contribution in [3.05, 3.63) is 53.1 Å². The van der Waals surface area contributed by atoms with Crippen LogP contribution in [0.1, 0.15) is 0 Å². The molecule has 0 aliphatic heterocycles. The first-order valence-electron chi connectivity index (χ1n) is 6.55. The van der Waals surface area contributed by atoms with Gasteiger partial charge in [0.1, 0.15) is 0 Å². The van der Waals surface area contributed by atoms with E-state index in [-0.39, 0.29) is 11.7 Å². The number of carbonyl (C=O) groups excluding carboxylic acids is 1. The zero-order valence-electron chi connectivity index (χ0n) is 11.6. The van der Waals surface area contributed by atoms with Crippen LogP contribution in [0.4, 0.5) is 14.5 Å². The number of imidazole rings is 1. The molecule has 0 saturated heterocycles.